The third kappa shape index (κ3) is 10.4. The fourth-order valence-corrected chi connectivity index (χ4v) is 9.19. The number of pyridine rings is 1. The van der Waals surface area contributed by atoms with Crippen molar-refractivity contribution in [1.29, 1.82) is 0 Å². The Bertz CT molecular complexity index is 1870. The number of benzene rings is 1. The number of hydrogen-bond donors (Lipinski definition) is 2. The molecule has 8 atom stereocenters. The maximum atomic E-state index is 14.2. The Balaban J connectivity index is 1.43. The number of anilines is 1. The molecule has 1 aromatic carbocycles. The molecule has 3 aliphatic heterocycles. The van der Waals surface area contributed by atoms with Crippen molar-refractivity contribution in [2.75, 3.05) is 39.0 Å². The molecular weight excluding hydrogens is 796 g/mol. The normalized spacial score (nSPS) is 29.8. The molecule has 0 aliphatic carbocycles. The van der Waals surface area contributed by atoms with E-state index in [0.717, 1.165) is 16.2 Å². The van der Waals surface area contributed by atoms with Crippen LogP contribution in [0.25, 0.3) is 0 Å². The van der Waals surface area contributed by atoms with Crippen LogP contribution >= 0.6 is 33.2 Å². The maximum absolute atomic E-state index is 14.2. The Morgan fingerprint density at radius 3 is 2.68 bits per heavy atom. The quantitative estimate of drug-likeness (QED) is 0.129. The Morgan fingerprint density at radius 2 is 2.00 bits per heavy atom. The molecule has 310 valence electrons. The van der Waals surface area contributed by atoms with E-state index in [2.05, 4.69) is 10.3 Å². The number of alkyl carbamates (subject to hydrolysis) is 1. The lowest BCUT2D eigenvalue weighted by Gasteiger charge is -2.42. The summed E-state index contributed by atoms with van der Waals surface area (Å²) in [5.74, 6) is -1.11. The van der Waals surface area contributed by atoms with E-state index < -0.39 is 65.7 Å². The number of carbonyl (C=O) groups excluding carboxylic acids is 4. The third-order valence-corrected chi connectivity index (χ3v) is 13.4. The Labute approximate surface area is 346 Å². The van der Waals surface area contributed by atoms with Crippen LogP contribution in [0.2, 0.25) is 5.02 Å². The summed E-state index contributed by atoms with van der Waals surface area (Å²) in [7, 11) is 8.97. The van der Waals surface area contributed by atoms with Crippen LogP contribution < -0.4 is 15.0 Å². The number of ether oxygens (including phenoxy) is 5. The average molecular weight is 847 g/mol. The van der Waals surface area contributed by atoms with Crippen molar-refractivity contribution >= 4 is 62.8 Å². The van der Waals surface area contributed by atoms with Gasteiger partial charge in [-0.3, -0.25) is 14.9 Å². The van der Waals surface area contributed by atoms with Gasteiger partial charge in [-0.25, -0.2) is 14.6 Å². The number of nitrogens with zero attached hydrogens (tertiary/aromatic N) is 3. The molecule has 1 aromatic heterocycles. The largest absolute Gasteiger partial charge is 0.495 e. The number of rotatable bonds is 10. The standard InChI is InChI=1S/C40H51ClN4O10S2/c1-23-12-11-13-30(52-8)40(50)22-29(53-38(49)43-40)24(2)36-39(4,55-36)31(21-34(47)45(6)27-19-26(18-23)20-28(51-7)35(27)41)54-37(48)25(3)44(5)33(46)15-17-56-57-32-14-9-10-16-42-32/h9-14,16,19-20,24-25,29-31,36,50H,15,17-18,21-22H2,1-8H3,(H,43,49)/b13-11+,23-12+/t24-,25+,29+,30-,31+,36+,39?,40+/m1/s1. The van der Waals surface area contributed by atoms with E-state index in [9.17, 15) is 24.3 Å². The van der Waals surface area contributed by atoms with Gasteiger partial charge in [-0.05, 0) is 67.8 Å². The summed E-state index contributed by atoms with van der Waals surface area (Å²) in [4.78, 5) is 61.1. The molecule has 2 fully saturated rings. The molecule has 1 unspecified atom stereocenters. The summed E-state index contributed by atoms with van der Waals surface area (Å²) in [6, 6.07) is 8.19. The summed E-state index contributed by atoms with van der Waals surface area (Å²) in [5.41, 5.74) is -0.941. The van der Waals surface area contributed by atoms with Gasteiger partial charge in [0.05, 0.1) is 25.3 Å². The van der Waals surface area contributed by atoms with Crippen LogP contribution in [0.3, 0.4) is 0 Å². The van der Waals surface area contributed by atoms with Gasteiger partial charge in [0, 0.05) is 51.9 Å². The van der Waals surface area contributed by atoms with E-state index in [4.69, 9.17) is 35.3 Å². The number of aliphatic hydroxyl groups is 1. The zero-order chi connectivity index (χ0) is 41.7. The number of esters is 1. The number of nitrogens with one attached hydrogen (secondary N) is 1. The number of allylic oxidation sites excluding steroid dienone is 3. The van der Waals surface area contributed by atoms with Crippen LogP contribution in [-0.2, 0) is 39.8 Å². The first-order chi connectivity index (χ1) is 27.0. The highest BCUT2D eigenvalue weighted by Gasteiger charge is 2.64. The Kier molecular flexibility index (Phi) is 14.7. The molecule has 17 heteroatoms. The lowest BCUT2D eigenvalue weighted by Crippen LogP contribution is -2.63. The molecule has 2 N–H and O–H groups in total. The second-order valence-corrected chi connectivity index (χ2v) is 17.5. The van der Waals surface area contributed by atoms with E-state index in [1.807, 2.05) is 31.2 Å². The number of hydrogen-bond acceptors (Lipinski definition) is 13. The zero-order valence-corrected chi connectivity index (χ0v) is 35.7. The topological polar surface area (TPSA) is 169 Å². The molecule has 0 saturated carbocycles. The fourth-order valence-electron chi connectivity index (χ4n) is 7.02. The number of aromatic nitrogens is 1. The van der Waals surface area contributed by atoms with E-state index in [1.54, 1.807) is 58.3 Å². The van der Waals surface area contributed by atoms with Crippen LogP contribution in [-0.4, -0.2) is 115 Å². The molecule has 0 radical (unpaired) electrons. The number of fused-ring (bicyclic) bond motifs is 5. The van der Waals surface area contributed by atoms with E-state index >= 15 is 0 Å². The van der Waals surface area contributed by atoms with Crippen LogP contribution in [0, 0.1) is 5.92 Å². The number of amides is 3. The van der Waals surface area contributed by atoms with Crippen LogP contribution in [0.15, 0.2) is 65.4 Å². The lowest BCUT2D eigenvalue weighted by molar-refractivity contribution is -0.162. The first-order valence-corrected chi connectivity index (χ1v) is 21.3. The number of likely N-dealkylation sites (N-methyl/N-ethyl adjacent to an activating group) is 1. The zero-order valence-electron chi connectivity index (χ0n) is 33.4. The van der Waals surface area contributed by atoms with Crippen molar-refractivity contribution in [3.05, 3.63) is 70.9 Å². The average Bonchev–Trinajstić information content (AvgIpc) is 3.88. The molecule has 3 aliphatic rings. The monoisotopic (exact) mass is 846 g/mol. The van der Waals surface area contributed by atoms with Gasteiger partial charge in [0.15, 0.2) is 5.72 Å². The van der Waals surface area contributed by atoms with Crippen molar-refractivity contribution in [2.24, 2.45) is 5.92 Å². The van der Waals surface area contributed by atoms with Gasteiger partial charge in [-0.1, -0.05) is 59.2 Å². The van der Waals surface area contributed by atoms with Gasteiger partial charge in [0.25, 0.3) is 0 Å². The minimum Gasteiger partial charge on any atom is -0.495 e. The molecule has 0 spiro atoms. The fraction of sp³-hybridized carbons (Fsp3) is 0.525. The first-order valence-electron chi connectivity index (χ1n) is 18.6. The third-order valence-electron chi connectivity index (χ3n) is 10.7. The van der Waals surface area contributed by atoms with Crippen molar-refractivity contribution in [2.45, 2.75) is 100 Å². The predicted molar refractivity (Wildman–Crippen MR) is 218 cm³/mol. The first kappa shape index (κ1) is 44.3. The molecule has 57 heavy (non-hydrogen) atoms. The van der Waals surface area contributed by atoms with Crippen LogP contribution in [0.4, 0.5) is 10.5 Å². The highest BCUT2D eigenvalue weighted by molar-refractivity contribution is 8.76. The van der Waals surface area contributed by atoms with Crippen molar-refractivity contribution in [3.63, 3.8) is 0 Å². The number of epoxide rings is 1. The smallest absolute Gasteiger partial charge is 0.409 e. The summed E-state index contributed by atoms with van der Waals surface area (Å²) in [5, 5.41) is 15.3. The van der Waals surface area contributed by atoms with E-state index in [-0.39, 0.29) is 30.2 Å². The molecule has 2 aromatic rings. The second-order valence-electron chi connectivity index (χ2n) is 14.7. The highest BCUT2D eigenvalue weighted by Crippen LogP contribution is 2.49. The predicted octanol–water partition coefficient (Wildman–Crippen LogP) is 5.74. The Morgan fingerprint density at radius 1 is 1.25 bits per heavy atom. The van der Waals surface area contributed by atoms with Crippen molar-refractivity contribution in [3.8, 4) is 5.75 Å². The highest BCUT2D eigenvalue weighted by atomic mass is 35.5. The van der Waals surface area contributed by atoms with Gasteiger partial charge >= 0.3 is 12.1 Å². The van der Waals surface area contributed by atoms with Gasteiger partial charge in [-0.15, -0.1) is 0 Å². The number of carbonyl (C=O) groups is 4. The molecule has 4 heterocycles. The number of methoxy groups -OCH3 is 2. The molecule has 5 rings (SSSR count). The van der Waals surface area contributed by atoms with Gasteiger partial charge in [-0.2, -0.15) is 0 Å². The minimum atomic E-state index is -1.83. The molecule has 4 bridgehead atoms. The van der Waals surface area contributed by atoms with Gasteiger partial charge < -0.3 is 38.6 Å². The summed E-state index contributed by atoms with van der Waals surface area (Å²) >= 11 is 6.78. The van der Waals surface area contributed by atoms with E-state index in [1.165, 1.54) is 52.7 Å². The molecule has 2 saturated heterocycles. The minimum absolute atomic E-state index is 0.0553. The van der Waals surface area contributed by atoms with E-state index in [0.29, 0.717) is 23.6 Å². The number of halogens is 1. The van der Waals surface area contributed by atoms with Gasteiger partial charge in [0.2, 0.25) is 11.8 Å². The van der Waals surface area contributed by atoms with Crippen LogP contribution in [0.5, 0.6) is 5.75 Å². The molecular formula is C40H51ClN4O10S2. The maximum Gasteiger partial charge on any atom is 0.409 e. The lowest BCUT2D eigenvalue weighted by atomic mass is 9.83. The molecule has 14 nitrogen and oxygen atoms in total. The van der Waals surface area contributed by atoms with Gasteiger partial charge in [0.1, 0.15) is 45.8 Å². The Hall–Kier alpha value is -3.80. The molecule has 3 amide bonds. The van der Waals surface area contributed by atoms with Crippen molar-refractivity contribution in [1.82, 2.24) is 15.2 Å². The SMILES string of the molecule is COc1cc2cc(c1Cl)N(C)C(=O)C[C@H](OC(=O)[C@H](C)N(C)C(=O)CCSSc1ccccn1)C1(C)O[C@H]1[C@H](C)[C@@H]1C[C@@](O)(NC(=O)O1)[C@H](OC)/C=C/C=C(\C)C2. The second kappa shape index (κ2) is 18.9. The summed E-state index contributed by atoms with van der Waals surface area (Å²) in [6.07, 6.45) is 2.76. The summed E-state index contributed by atoms with van der Waals surface area (Å²) in [6.45, 7) is 7.01. The summed E-state index contributed by atoms with van der Waals surface area (Å²) < 4.78 is 29.3. The van der Waals surface area contributed by atoms with Crippen LogP contribution in [0.1, 0.15) is 52.5 Å². The van der Waals surface area contributed by atoms with Crippen molar-refractivity contribution < 1.29 is 48.0 Å².